The summed E-state index contributed by atoms with van der Waals surface area (Å²) in [6, 6.07) is 0. The fraction of sp³-hybridized carbons (Fsp3) is 0.900. The van der Waals surface area contributed by atoms with Crippen LogP contribution in [-0.4, -0.2) is 49.8 Å². The van der Waals surface area contributed by atoms with Crippen LogP contribution in [0.15, 0.2) is 4.99 Å². The summed E-state index contributed by atoms with van der Waals surface area (Å²) < 4.78 is 0. The largest absolute Gasteiger partial charge is 0.396 e. The van der Waals surface area contributed by atoms with E-state index in [0.717, 1.165) is 57.8 Å². The summed E-state index contributed by atoms with van der Waals surface area (Å²) in [5.41, 5.74) is 0.173. The van der Waals surface area contributed by atoms with Gasteiger partial charge in [-0.2, -0.15) is 0 Å². The van der Waals surface area contributed by atoms with Crippen molar-refractivity contribution in [1.82, 2.24) is 16.0 Å². The molecule has 0 bridgehead atoms. The Hall–Kier alpha value is -1.30. The summed E-state index contributed by atoms with van der Waals surface area (Å²) in [4.78, 5) is 16.6. The second-order valence-electron chi connectivity index (χ2n) is 7.93. The van der Waals surface area contributed by atoms with Gasteiger partial charge in [0.15, 0.2) is 5.96 Å². The van der Waals surface area contributed by atoms with E-state index in [2.05, 4.69) is 22.9 Å². The summed E-state index contributed by atoms with van der Waals surface area (Å²) in [5, 5.41) is 19.2. The number of rotatable bonds is 10. The molecule has 0 aromatic rings. The molecule has 0 atom stereocenters. The van der Waals surface area contributed by atoms with Gasteiger partial charge in [0.05, 0.1) is 0 Å². The predicted octanol–water partition coefficient (Wildman–Crippen LogP) is 2.18. The lowest BCUT2D eigenvalue weighted by atomic mass is 9.72. The van der Waals surface area contributed by atoms with Gasteiger partial charge in [0.25, 0.3) is 0 Å². The van der Waals surface area contributed by atoms with Crippen molar-refractivity contribution in [2.24, 2.45) is 16.3 Å². The minimum Gasteiger partial charge on any atom is -0.396 e. The summed E-state index contributed by atoms with van der Waals surface area (Å²) in [6.45, 7) is 5.44. The molecule has 0 unspecified atom stereocenters. The van der Waals surface area contributed by atoms with Crippen LogP contribution >= 0.6 is 0 Å². The molecule has 1 amide bonds. The molecule has 2 saturated carbocycles. The Labute approximate surface area is 158 Å². The first-order chi connectivity index (χ1) is 12.7. The van der Waals surface area contributed by atoms with E-state index in [-0.39, 0.29) is 23.8 Å². The first kappa shape index (κ1) is 21.0. The number of nitrogens with one attached hydrogen (secondary N) is 3. The Morgan fingerprint density at radius 3 is 2.42 bits per heavy atom. The monoisotopic (exact) mass is 366 g/mol. The van der Waals surface area contributed by atoms with E-state index >= 15 is 0 Å². The first-order valence-electron chi connectivity index (χ1n) is 10.6. The topological polar surface area (TPSA) is 85.8 Å². The minimum atomic E-state index is 0.173. The maximum atomic E-state index is 11.8. The van der Waals surface area contributed by atoms with Gasteiger partial charge in [-0.15, -0.1) is 0 Å². The lowest BCUT2D eigenvalue weighted by Gasteiger charge is -2.35. The van der Waals surface area contributed by atoms with Crippen molar-refractivity contribution < 1.29 is 9.90 Å². The fourth-order valence-corrected chi connectivity index (χ4v) is 3.94. The molecule has 4 N–H and O–H groups in total. The van der Waals surface area contributed by atoms with Crippen molar-refractivity contribution in [1.29, 1.82) is 0 Å². The number of carbonyl (C=O) groups excluding carboxylic acids is 1. The number of guanidine groups is 1. The van der Waals surface area contributed by atoms with Crippen LogP contribution in [0.2, 0.25) is 0 Å². The molecule has 0 aromatic heterocycles. The van der Waals surface area contributed by atoms with Gasteiger partial charge < -0.3 is 21.1 Å². The van der Waals surface area contributed by atoms with E-state index in [1.54, 1.807) is 0 Å². The van der Waals surface area contributed by atoms with Gasteiger partial charge in [-0.25, -0.2) is 0 Å². The zero-order chi connectivity index (χ0) is 18.7. The SMILES string of the molecule is CCNC(=NCC1(CCO)CCCCC1)NCCCNC(=O)C1CCC1. The molecule has 0 spiro atoms. The Morgan fingerprint density at radius 1 is 1.08 bits per heavy atom. The molecule has 6 heteroatoms. The molecule has 2 rings (SSSR count). The molecule has 26 heavy (non-hydrogen) atoms. The van der Waals surface area contributed by atoms with E-state index in [1.165, 1.54) is 38.5 Å². The second-order valence-corrected chi connectivity index (χ2v) is 7.93. The van der Waals surface area contributed by atoms with E-state index < -0.39 is 0 Å². The summed E-state index contributed by atoms with van der Waals surface area (Å²) in [7, 11) is 0. The van der Waals surface area contributed by atoms with Gasteiger partial charge in [0.1, 0.15) is 0 Å². The van der Waals surface area contributed by atoms with Crippen LogP contribution in [0.4, 0.5) is 0 Å². The Morgan fingerprint density at radius 2 is 1.81 bits per heavy atom. The summed E-state index contributed by atoms with van der Waals surface area (Å²) in [5.74, 6) is 1.33. The Kier molecular flexibility index (Phi) is 9.23. The maximum Gasteiger partial charge on any atom is 0.223 e. The molecule has 6 nitrogen and oxygen atoms in total. The standard InChI is InChI=1S/C20H38N4O2/c1-2-21-19(23-14-7-13-22-18(26)17-8-6-9-17)24-16-20(12-15-25)10-4-3-5-11-20/h17,25H,2-16H2,1H3,(H,22,26)(H2,21,23,24). The number of aliphatic imine (C=N–C) groups is 1. The van der Waals surface area contributed by atoms with Gasteiger partial charge in [-0.05, 0) is 50.9 Å². The van der Waals surface area contributed by atoms with Crippen LogP contribution < -0.4 is 16.0 Å². The molecule has 2 fully saturated rings. The second kappa shape index (κ2) is 11.4. The molecule has 0 aliphatic heterocycles. The van der Waals surface area contributed by atoms with Crippen LogP contribution in [0.5, 0.6) is 0 Å². The molecule has 2 aliphatic carbocycles. The van der Waals surface area contributed by atoms with Crippen molar-refractivity contribution in [3.63, 3.8) is 0 Å². The Balaban J connectivity index is 1.71. The first-order valence-corrected chi connectivity index (χ1v) is 10.6. The van der Waals surface area contributed by atoms with Crippen LogP contribution in [0.1, 0.15) is 71.1 Å². The zero-order valence-electron chi connectivity index (χ0n) is 16.5. The number of hydrogen-bond acceptors (Lipinski definition) is 3. The van der Waals surface area contributed by atoms with Crippen molar-refractivity contribution in [2.75, 3.05) is 32.8 Å². The lowest BCUT2D eigenvalue weighted by molar-refractivity contribution is -0.127. The third-order valence-electron chi connectivity index (χ3n) is 5.89. The van der Waals surface area contributed by atoms with Gasteiger partial charge in [0.2, 0.25) is 5.91 Å². The van der Waals surface area contributed by atoms with Crippen molar-refractivity contribution >= 4 is 11.9 Å². The highest BCUT2D eigenvalue weighted by Gasteiger charge is 2.31. The number of aliphatic hydroxyl groups is 1. The van der Waals surface area contributed by atoms with Gasteiger partial charge in [-0.3, -0.25) is 9.79 Å². The van der Waals surface area contributed by atoms with E-state index in [0.29, 0.717) is 0 Å². The third kappa shape index (κ3) is 6.78. The summed E-state index contributed by atoms with van der Waals surface area (Å²) >= 11 is 0. The molecular formula is C20H38N4O2. The third-order valence-corrected chi connectivity index (χ3v) is 5.89. The van der Waals surface area contributed by atoms with Crippen LogP contribution in [0.3, 0.4) is 0 Å². The lowest BCUT2D eigenvalue weighted by Crippen LogP contribution is -2.41. The van der Waals surface area contributed by atoms with Crippen LogP contribution in [-0.2, 0) is 4.79 Å². The normalized spacial score (nSPS) is 20.3. The van der Waals surface area contributed by atoms with Crippen LogP contribution in [0, 0.1) is 11.3 Å². The van der Waals surface area contributed by atoms with E-state index in [1.807, 2.05) is 0 Å². The quantitative estimate of drug-likeness (QED) is 0.271. The number of nitrogens with zero attached hydrogens (tertiary/aromatic N) is 1. The Bertz CT molecular complexity index is 438. The minimum absolute atomic E-state index is 0.173. The number of carbonyl (C=O) groups is 1. The molecule has 0 aromatic carbocycles. The smallest absolute Gasteiger partial charge is 0.223 e. The molecule has 0 saturated heterocycles. The number of aliphatic hydroxyl groups excluding tert-OH is 1. The molecule has 2 aliphatic rings. The maximum absolute atomic E-state index is 11.8. The zero-order valence-corrected chi connectivity index (χ0v) is 16.5. The highest BCUT2D eigenvalue weighted by molar-refractivity contribution is 5.80. The van der Waals surface area contributed by atoms with Crippen molar-refractivity contribution in [2.45, 2.75) is 71.1 Å². The summed E-state index contributed by atoms with van der Waals surface area (Å²) in [6.07, 6.45) is 11.2. The van der Waals surface area contributed by atoms with Crippen molar-refractivity contribution in [3.05, 3.63) is 0 Å². The molecular weight excluding hydrogens is 328 g/mol. The number of amides is 1. The average molecular weight is 367 g/mol. The van der Waals surface area contributed by atoms with Crippen molar-refractivity contribution in [3.8, 4) is 0 Å². The van der Waals surface area contributed by atoms with E-state index in [9.17, 15) is 9.90 Å². The molecule has 0 heterocycles. The molecule has 0 radical (unpaired) electrons. The van der Waals surface area contributed by atoms with Gasteiger partial charge >= 0.3 is 0 Å². The number of hydrogen-bond donors (Lipinski definition) is 4. The average Bonchev–Trinajstić information content (AvgIpc) is 2.59. The van der Waals surface area contributed by atoms with Gasteiger partial charge in [-0.1, -0.05) is 25.7 Å². The highest BCUT2D eigenvalue weighted by Crippen LogP contribution is 2.39. The van der Waals surface area contributed by atoms with E-state index in [4.69, 9.17) is 4.99 Å². The predicted molar refractivity (Wildman–Crippen MR) is 106 cm³/mol. The fourth-order valence-electron chi connectivity index (χ4n) is 3.94. The van der Waals surface area contributed by atoms with Gasteiger partial charge in [0, 0.05) is 38.7 Å². The molecule has 150 valence electrons. The highest BCUT2D eigenvalue weighted by atomic mass is 16.3. The van der Waals surface area contributed by atoms with Crippen LogP contribution in [0.25, 0.3) is 0 Å².